The van der Waals surface area contributed by atoms with Gasteiger partial charge in [-0.25, -0.2) is 0 Å². The van der Waals surface area contributed by atoms with Gasteiger partial charge >= 0.3 is 0 Å². The van der Waals surface area contributed by atoms with Crippen LogP contribution in [-0.2, 0) is 11.8 Å². The van der Waals surface area contributed by atoms with Crippen LogP contribution in [0.1, 0.15) is 56.6 Å². The third-order valence-electron chi connectivity index (χ3n) is 5.38. The summed E-state index contributed by atoms with van der Waals surface area (Å²) in [6, 6.07) is 9.24. The summed E-state index contributed by atoms with van der Waals surface area (Å²) in [6.07, 6.45) is 9.64. The molecular formula is C18H27N. The number of aryl methyl sites for hydroxylation is 1. The molecule has 0 spiro atoms. The number of rotatable bonds is 5. The lowest BCUT2D eigenvalue weighted by Gasteiger charge is -2.49. The molecule has 0 aliphatic heterocycles. The highest BCUT2D eigenvalue weighted by molar-refractivity contribution is 5.38. The first kappa shape index (κ1) is 13.2. The van der Waals surface area contributed by atoms with Gasteiger partial charge in [-0.15, -0.1) is 0 Å². The predicted molar refractivity (Wildman–Crippen MR) is 81.6 cm³/mol. The molecule has 2 aliphatic carbocycles. The van der Waals surface area contributed by atoms with E-state index in [0.717, 1.165) is 12.5 Å². The molecule has 0 bridgehead atoms. The van der Waals surface area contributed by atoms with Gasteiger partial charge in [-0.05, 0) is 62.1 Å². The summed E-state index contributed by atoms with van der Waals surface area (Å²) in [6.45, 7) is 4.62. The molecule has 1 N–H and O–H groups in total. The molecule has 1 fully saturated rings. The molecule has 2 aliphatic rings. The van der Waals surface area contributed by atoms with Crippen LogP contribution in [0.15, 0.2) is 24.3 Å². The van der Waals surface area contributed by atoms with Gasteiger partial charge in [-0.2, -0.15) is 0 Å². The number of fused-ring (bicyclic) bond motifs is 1. The maximum Gasteiger partial charge on any atom is 0.0109 e. The van der Waals surface area contributed by atoms with Crippen LogP contribution in [0, 0.1) is 5.92 Å². The standard InChI is InChI=1S/C18H27N/c1-2-13-19-14-18(16-9-5-10-16)12-6-8-15-7-3-4-11-17(15)18/h3-4,7,11,16,19H,2,5-6,8-10,12-14H2,1H3. The first-order chi connectivity index (χ1) is 9.37. The number of hydrogen-bond acceptors (Lipinski definition) is 1. The summed E-state index contributed by atoms with van der Waals surface area (Å²) in [4.78, 5) is 0. The van der Waals surface area contributed by atoms with Gasteiger partial charge < -0.3 is 5.32 Å². The second-order valence-electron chi connectivity index (χ2n) is 6.47. The Kier molecular flexibility index (Phi) is 3.93. The first-order valence-electron chi connectivity index (χ1n) is 8.16. The zero-order valence-corrected chi connectivity index (χ0v) is 12.3. The van der Waals surface area contributed by atoms with Crippen LogP contribution < -0.4 is 5.32 Å². The van der Waals surface area contributed by atoms with E-state index >= 15 is 0 Å². The Hall–Kier alpha value is -0.820. The fourth-order valence-corrected chi connectivity index (χ4v) is 4.15. The van der Waals surface area contributed by atoms with Gasteiger partial charge in [0.1, 0.15) is 0 Å². The van der Waals surface area contributed by atoms with Gasteiger partial charge in [0.2, 0.25) is 0 Å². The minimum atomic E-state index is 0.447. The zero-order valence-electron chi connectivity index (χ0n) is 12.3. The quantitative estimate of drug-likeness (QED) is 0.784. The second-order valence-corrected chi connectivity index (χ2v) is 6.47. The van der Waals surface area contributed by atoms with Crippen molar-refractivity contribution in [2.45, 2.75) is 57.3 Å². The van der Waals surface area contributed by atoms with Crippen molar-refractivity contribution in [1.82, 2.24) is 5.32 Å². The third kappa shape index (κ3) is 2.33. The maximum atomic E-state index is 3.74. The fourth-order valence-electron chi connectivity index (χ4n) is 4.15. The van der Waals surface area contributed by atoms with E-state index in [1.54, 1.807) is 11.1 Å². The van der Waals surface area contributed by atoms with Crippen LogP contribution in [-0.4, -0.2) is 13.1 Å². The summed E-state index contributed by atoms with van der Waals surface area (Å²) in [5, 5.41) is 3.74. The van der Waals surface area contributed by atoms with Crippen LogP contribution in [0.2, 0.25) is 0 Å². The SMILES string of the molecule is CCCNCC1(C2CCC2)CCCc2ccccc21. The molecule has 104 valence electrons. The molecule has 0 heterocycles. The minimum Gasteiger partial charge on any atom is -0.316 e. The molecule has 0 amide bonds. The average molecular weight is 257 g/mol. The highest BCUT2D eigenvalue weighted by Gasteiger charge is 2.44. The summed E-state index contributed by atoms with van der Waals surface area (Å²) in [7, 11) is 0. The zero-order chi connectivity index (χ0) is 13.1. The van der Waals surface area contributed by atoms with Crippen molar-refractivity contribution in [2.24, 2.45) is 5.92 Å². The molecule has 0 radical (unpaired) electrons. The van der Waals surface area contributed by atoms with Crippen molar-refractivity contribution < 1.29 is 0 Å². The second kappa shape index (κ2) is 5.66. The number of nitrogens with one attached hydrogen (secondary N) is 1. The van der Waals surface area contributed by atoms with Crippen LogP contribution in [0.4, 0.5) is 0 Å². The van der Waals surface area contributed by atoms with Crippen molar-refractivity contribution in [3.8, 4) is 0 Å². The monoisotopic (exact) mass is 257 g/mol. The van der Waals surface area contributed by atoms with E-state index in [-0.39, 0.29) is 0 Å². The summed E-state index contributed by atoms with van der Waals surface area (Å²) in [5.41, 5.74) is 3.75. The Balaban J connectivity index is 1.91. The number of benzene rings is 1. The van der Waals surface area contributed by atoms with Crippen LogP contribution >= 0.6 is 0 Å². The number of hydrogen-bond donors (Lipinski definition) is 1. The molecule has 1 unspecified atom stereocenters. The predicted octanol–water partition coefficient (Wildman–Crippen LogP) is 4.06. The van der Waals surface area contributed by atoms with Gasteiger partial charge in [-0.1, -0.05) is 37.6 Å². The highest BCUT2D eigenvalue weighted by atomic mass is 14.9. The van der Waals surface area contributed by atoms with Crippen molar-refractivity contribution in [3.05, 3.63) is 35.4 Å². The molecule has 0 aromatic heterocycles. The fraction of sp³-hybridized carbons (Fsp3) is 0.667. The van der Waals surface area contributed by atoms with E-state index in [1.165, 1.54) is 51.5 Å². The topological polar surface area (TPSA) is 12.0 Å². The molecule has 1 atom stereocenters. The van der Waals surface area contributed by atoms with Gasteiger partial charge in [0.15, 0.2) is 0 Å². The van der Waals surface area contributed by atoms with E-state index in [2.05, 4.69) is 36.5 Å². The van der Waals surface area contributed by atoms with Crippen molar-refractivity contribution in [2.75, 3.05) is 13.1 Å². The van der Waals surface area contributed by atoms with E-state index in [4.69, 9.17) is 0 Å². The molecule has 19 heavy (non-hydrogen) atoms. The van der Waals surface area contributed by atoms with Crippen LogP contribution in [0.5, 0.6) is 0 Å². The van der Waals surface area contributed by atoms with Crippen LogP contribution in [0.25, 0.3) is 0 Å². The first-order valence-corrected chi connectivity index (χ1v) is 8.16. The smallest absolute Gasteiger partial charge is 0.0109 e. The minimum absolute atomic E-state index is 0.447. The van der Waals surface area contributed by atoms with Gasteiger partial charge in [-0.3, -0.25) is 0 Å². The summed E-state index contributed by atoms with van der Waals surface area (Å²) >= 11 is 0. The molecule has 3 rings (SSSR count). The molecule has 1 aromatic rings. The lowest BCUT2D eigenvalue weighted by molar-refractivity contribution is 0.137. The molecule has 1 heteroatoms. The maximum absolute atomic E-state index is 3.74. The third-order valence-corrected chi connectivity index (χ3v) is 5.38. The largest absolute Gasteiger partial charge is 0.316 e. The average Bonchev–Trinajstić information content (AvgIpc) is 2.38. The Bertz CT molecular complexity index is 421. The van der Waals surface area contributed by atoms with Crippen molar-refractivity contribution in [3.63, 3.8) is 0 Å². The molecule has 1 nitrogen and oxygen atoms in total. The van der Waals surface area contributed by atoms with E-state index in [1.807, 2.05) is 0 Å². The molecule has 1 saturated carbocycles. The van der Waals surface area contributed by atoms with E-state index in [9.17, 15) is 0 Å². The summed E-state index contributed by atoms with van der Waals surface area (Å²) in [5.74, 6) is 0.929. The lowest BCUT2D eigenvalue weighted by Crippen LogP contribution is -2.49. The Labute approximate surface area is 117 Å². The van der Waals surface area contributed by atoms with Crippen molar-refractivity contribution in [1.29, 1.82) is 0 Å². The van der Waals surface area contributed by atoms with Gasteiger partial charge in [0.05, 0.1) is 0 Å². The van der Waals surface area contributed by atoms with E-state index in [0.29, 0.717) is 5.41 Å². The lowest BCUT2D eigenvalue weighted by atomic mass is 9.57. The van der Waals surface area contributed by atoms with E-state index < -0.39 is 0 Å². The summed E-state index contributed by atoms with van der Waals surface area (Å²) < 4.78 is 0. The Morgan fingerprint density at radius 2 is 2.05 bits per heavy atom. The Morgan fingerprint density at radius 1 is 1.21 bits per heavy atom. The molecule has 0 saturated heterocycles. The van der Waals surface area contributed by atoms with Gasteiger partial charge in [0, 0.05) is 12.0 Å². The normalized spacial score (nSPS) is 26.8. The van der Waals surface area contributed by atoms with Crippen molar-refractivity contribution >= 4 is 0 Å². The molecular weight excluding hydrogens is 230 g/mol. The van der Waals surface area contributed by atoms with Gasteiger partial charge in [0.25, 0.3) is 0 Å². The molecule has 1 aromatic carbocycles. The highest BCUT2D eigenvalue weighted by Crippen LogP contribution is 2.50. The van der Waals surface area contributed by atoms with Crippen LogP contribution in [0.3, 0.4) is 0 Å². The Morgan fingerprint density at radius 3 is 2.79 bits per heavy atom.